The van der Waals surface area contributed by atoms with Crippen LogP contribution in [0, 0.1) is 12.8 Å². The molecule has 3 atom stereocenters. The van der Waals surface area contributed by atoms with E-state index in [2.05, 4.69) is 35.1 Å². The Balaban J connectivity index is 1.47. The summed E-state index contributed by atoms with van der Waals surface area (Å²) in [6.07, 6.45) is 20.5. The van der Waals surface area contributed by atoms with Crippen molar-refractivity contribution in [1.29, 1.82) is 0 Å². The minimum absolute atomic E-state index is 0.0386. The van der Waals surface area contributed by atoms with E-state index in [-0.39, 0.29) is 23.9 Å². The fourth-order valence-electron chi connectivity index (χ4n) is 5.00. The number of amides is 1. The Morgan fingerprint density at radius 3 is 2.88 bits per heavy atom. The van der Waals surface area contributed by atoms with E-state index in [1.807, 2.05) is 24.1 Å². The molecule has 1 saturated heterocycles. The molecule has 1 aliphatic carbocycles. The van der Waals surface area contributed by atoms with E-state index in [4.69, 9.17) is 14.5 Å². The minimum atomic E-state index is -0.130. The normalized spacial score (nSPS) is 21.5. The number of aryl methyl sites for hydroxylation is 1. The second-order valence-electron chi connectivity index (χ2n) is 8.95. The van der Waals surface area contributed by atoms with Gasteiger partial charge in [0, 0.05) is 36.5 Å². The maximum atomic E-state index is 13.2. The van der Waals surface area contributed by atoms with Crippen molar-refractivity contribution in [2.45, 2.75) is 58.0 Å². The molecule has 8 nitrogen and oxygen atoms in total. The van der Waals surface area contributed by atoms with Crippen molar-refractivity contribution in [2.75, 3.05) is 0 Å². The highest BCUT2D eigenvalue weighted by molar-refractivity contribution is 5.79. The van der Waals surface area contributed by atoms with E-state index in [1.54, 1.807) is 29.6 Å². The van der Waals surface area contributed by atoms with E-state index in [9.17, 15) is 4.79 Å². The van der Waals surface area contributed by atoms with Crippen molar-refractivity contribution in [1.82, 2.24) is 24.4 Å². The molecular formula is C26H29N5O3. The average Bonchev–Trinajstić information content (AvgIpc) is 3.53. The molecule has 2 aromatic heterocycles. The van der Waals surface area contributed by atoms with Crippen LogP contribution in [0.1, 0.15) is 56.5 Å². The summed E-state index contributed by atoms with van der Waals surface area (Å²) in [4.78, 5) is 28.7. The average molecular weight is 460 g/mol. The molecule has 0 N–H and O–H groups in total. The number of carbonyl (C=O) groups is 1. The molecule has 0 radical (unpaired) electrons. The van der Waals surface area contributed by atoms with Gasteiger partial charge in [-0.25, -0.2) is 15.0 Å². The third-order valence-electron chi connectivity index (χ3n) is 6.69. The Bertz CT molecular complexity index is 1170. The number of ether oxygens (including phenoxy) is 2. The van der Waals surface area contributed by atoms with E-state index in [0.29, 0.717) is 12.4 Å². The maximum Gasteiger partial charge on any atom is 0.235 e. The molecule has 8 heteroatoms. The molecule has 4 heterocycles. The highest BCUT2D eigenvalue weighted by atomic mass is 16.5. The number of rotatable bonds is 7. The summed E-state index contributed by atoms with van der Waals surface area (Å²) in [6.45, 7) is 4.06. The summed E-state index contributed by atoms with van der Waals surface area (Å²) < 4.78 is 13.1. The van der Waals surface area contributed by atoms with Crippen LogP contribution in [0.25, 0.3) is 5.95 Å². The largest absolute Gasteiger partial charge is 0.466 e. The molecule has 0 bridgehead atoms. The zero-order valence-electron chi connectivity index (χ0n) is 19.5. The van der Waals surface area contributed by atoms with Crippen LogP contribution in [0.15, 0.2) is 73.1 Å². The maximum absolute atomic E-state index is 13.2. The van der Waals surface area contributed by atoms with Crippen LogP contribution < -0.4 is 0 Å². The Morgan fingerprint density at radius 1 is 1.24 bits per heavy atom. The van der Waals surface area contributed by atoms with Crippen molar-refractivity contribution >= 4 is 5.91 Å². The molecule has 176 valence electrons. The van der Waals surface area contributed by atoms with Crippen LogP contribution >= 0.6 is 0 Å². The number of hydrogen-bond acceptors (Lipinski definition) is 6. The van der Waals surface area contributed by atoms with Gasteiger partial charge in [-0.05, 0) is 45.6 Å². The number of nitrogens with zero attached hydrogens (tertiary/aromatic N) is 5. The van der Waals surface area contributed by atoms with Gasteiger partial charge in [0.2, 0.25) is 11.9 Å². The van der Waals surface area contributed by atoms with E-state index in [0.717, 1.165) is 42.8 Å². The summed E-state index contributed by atoms with van der Waals surface area (Å²) in [7, 11) is 0. The molecule has 3 aliphatic rings. The molecule has 3 unspecified atom stereocenters. The molecular weight excluding hydrogens is 430 g/mol. The molecule has 2 aliphatic heterocycles. The first-order valence-electron chi connectivity index (χ1n) is 11.8. The van der Waals surface area contributed by atoms with Gasteiger partial charge in [-0.1, -0.05) is 23.8 Å². The summed E-state index contributed by atoms with van der Waals surface area (Å²) in [5, 5.41) is 0. The lowest BCUT2D eigenvalue weighted by molar-refractivity contribution is -0.132. The zero-order valence-corrected chi connectivity index (χ0v) is 19.5. The summed E-state index contributed by atoms with van der Waals surface area (Å²) >= 11 is 0. The van der Waals surface area contributed by atoms with Gasteiger partial charge in [0.05, 0.1) is 11.7 Å². The lowest BCUT2D eigenvalue weighted by Gasteiger charge is -2.37. The second kappa shape index (κ2) is 9.67. The monoisotopic (exact) mass is 459 g/mol. The Kier molecular flexibility index (Phi) is 6.29. The Labute approximate surface area is 199 Å². The molecule has 0 aromatic carbocycles. The van der Waals surface area contributed by atoms with Crippen molar-refractivity contribution in [3.05, 3.63) is 84.5 Å². The number of imidazole rings is 1. The fourth-order valence-corrected chi connectivity index (χ4v) is 5.00. The van der Waals surface area contributed by atoms with Gasteiger partial charge in [-0.3, -0.25) is 9.36 Å². The molecule has 1 amide bonds. The first-order chi connectivity index (χ1) is 16.6. The number of likely N-dealkylation sites (tertiary alicyclic amines) is 1. The number of aromatic nitrogens is 4. The quantitative estimate of drug-likeness (QED) is 0.599. The van der Waals surface area contributed by atoms with Gasteiger partial charge in [0.15, 0.2) is 0 Å². The first-order valence-corrected chi connectivity index (χ1v) is 11.8. The first kappa shape index (κ1) is 22.1. The van der Waals surface area contributed by atoms with Gasteiger partial charge < -0.3 is 14.4 Å². The standard InChI is InChI=1S/C26H29N5O3/c1-18-14-22(29-26(28-18)30-11-10-27-17-30)23-8-9-25(32)31(23)19(2)21(24-16-33-12-13-34-24)15-20-6-4-3-5-7-20/h3-4,6,10-14,16-17,19,21,23H,5,7-9,15H2,1-2H3. The van der Waals surface area contributed by atoms with Crippen molar-refractivity contribution in [3.63, 3.8) is 0 Å². The van der Waals surface area contributed by atoms with Crippen molar-refractivity contribution in [2.24, 2.45) is 5.92 Å². The highest BCUT2D eigenvalue weighted by Crippen LogP contribution is 2.40. The van der Waals surface area contributed by atoms with Crippen molar-refractivity contribution in [3.8, 4) is 5.95 Å². The van der Waals surface area contributed by atoms with Crippen LogP contribution in [0.5, 0.6) is 0 Å². The van der Waals surface area contributed by atoms with Gasteiger partial charge in [0.1, 0.15) is 30.9 Å². The molecule has 0 spiro atoms. The molecule has 5 rings (SSSR count). The molecule has 34 heavy (non-hydrogen) atoms. The Hall–Kier alpha value is -3.68. The SMILES string of the molecule is Cc1cc(C2CCC(=O)N2C(C)C(CC2=CC=CCC2)C2=COC=CO2)nc(-n2ccnc2)n1. The van der Waals surface area contributed by atoms with Crippen LogP contribution in [0.3, 0.4) is 0 Å². The second-order valence-corrected chi connectivity index (χ2v) is 8.95. The van der Waals surface area contributed by atoms with Gasteiger partial charge in [0.25, 0.3) is 0 Å². The van der Waals surface area contributed by atoms with Crippen LogP contribution in [0.2, 0.25) is 0 Å². The van der Waals surface area contributed by atoms with Crippen LogP contribution in [-0.4, -0.2) is 36.4 Å². The zero-order chi connectivity index (χ0) is 23.5. The van der Waals surface area contributed by atoms with Crippen molar-refractivity contribution < 1.29 is 14.3 Å². The predicted octanol–water partition coefficient (Wildman–Crippen LogP) is 4.66. The third-order valence-corrected chi connectivity index (χ3v) is 6.69. The van der Waals surface area contributed by atoms with E-state index >= 15 is 0 Å². The van der Waals surface area contributed by atoms with E-state index < -0.39 is 0 Å². The van der Waals surface area contributed by atoms with Gasteiger partial charge >= 0.3 is 0 Å². The van der Waals surface area contributed by atoms with Crippen LogP contribution in [0.4, 0.5) is 0 Å². The number of allylic oxidation sites excluding steroid dienone is 4. The minimum Gasteiger partial charge on any atom is -0.466 e. The number of hydrogen-bond donors (Lipinski definition) is 0. The molecule has 0 saturated carbocycles. The summed E-state index contributed by atoms with van der Waals surface area (Å²) in [5.74, 6) is 1.39. The summed E-state index contributed by atoms with van der Waals surface area (Å²) in [5.41, 5.74) is 3.05. The smallest absolute Gasteiger partial charge is 0.235 e. The van der Waals surface area contributed by atoms with Gasteiger partial charge in [-0.2, -0.15) is 0 Å². The predicted molar refractivity (Wildman–Crippen MR) is 126 cm³/mol. The Morgan fingerprint density at radius 2 is 2.15 bits per heavy atom. The molecule has 2 aromatic rings. The topological polar surface area (TPSA) is 82.4 Å². The van der Waals surface area contributed by atoms with Gasteiger partial charge in [-0.15, -0.1) is 0 Å². The number of carbonyl (C=O) groups excluding carboxylic acids is 1. The van der Waals surface area contributed by atoms with E-state index in [1.165, 1.54) is 11.8 Å². The third kappa shape index (κ3) is 4.53. The summed E-state index contributed by atoms with van der Waals surface area (Å²) in [6, 6.07) is 1.74. The highest BCUT2D eigenvalue weighted by Gasteiger charge is 2.41. The molecule has 1 fully saturated rings. The lowest BCUT2D eigenvalue weighted by atomic mass is 9.87. The fraction of sp³-hybridized carbons (Fsp3) is 0.385. The van der Waals surface area contributed by atoms with Crippen LogP contribution in [-0.2, 0) is 14.3 Å². The lowest BCUT2D eigenvalue weighted by Crippen LogP contribution is -2.42.